The maximum absolute atomic E-state index is 7.54. The van der Waals surface area contributed by atoms with Gasteiger partial charge in [0.15, 0.2) is 0 Å². The van der Waals surface area contributed by atoms with Gasteiger partial charge in [-0.05, 0) is 22.6 Å². The quantitative estimate of drug-likeness (QED) is 0.607. The van der Waals surface area contributed by atoms with Gasteiger partial charge >= 0.3 is 0 Å². The predicted octanol–water partition coefficient (Wildman–Crippen LogP) is 2.55. The third kappa shape index (κ3) is 1.26. The Morgan fingerprint density at radius 1 is 1.27 bits per heavy atom. The minimum absolute atomic E-state index is 0.282. The van der Waals surface area contributed by atoms with Gasteiger partial charge < -0.3 is 0 Å². The fraction of sp³-hybridized carbons (Fsp3) is 0.111. The summed E-state index contributed by atoms with van der Waals surface area (Å²) in [6, 6.07) is 8.28. The van der Waals surface area contributed by atoms with E-state index < -0.39 is 0 Å². The summed E-state index contributed by atoms with van der Waals surface area (Å²) in [6.07, 6.45) is 2.05. The van der Waals surface area contributed by atoms with Crippen LogP contribution in [0, 0.1) is 4.78 Å². The minimum Gasteiger partial charge on any atom is -0.276 e. The van der Waals surface area contributed by atoms with Crippen molar-refractivity contribution in [3.05, 3.63) is 40.8 Å². The van der Waals surface area contributed by atoms with E-state index in [-0.39, 0.29) is 10.7 Å². The van der Waals surface area contributed by atoms with Crippen molar-refractivity contribution in [1.29, 1.82) is 4.78 Å². The number of rotatable bonds is 0. The Bertz CT molecular complexity index is 328. The Labute approximate surface area is 68.6 Å². The van der Waals surface area contributed by atoms with Crippen molar-refractivity contribution in [2.24, 2.45) is 0 Å². The largest absolute Gasteiger partial charge is 0.276 e. The minimum atomic E-state index is -0.282. The molecule has 0 spiro atoms. The molecule has 0 aromatic heterocycles. The fourth-order valence-electron chi connectivity index (χ4n) is 1.20. The van der Waals surface area contributed by atoms with Crippen molar-refractivity contribution >= 4 is 16.8 Å². The second-order valence-electron chi connectivity index (χ2n) is 2.57. The van der Waals surface area contributed by atoms with Gasteiger partial charge in [-0.3, -0.25) is 4.78 Å². The van der Waals surface area contributed by atoms with E-state index in [0.29, 0.717) is 0 Å². The van der Waals surface area contributed by atoms with E-state index in [1.165, 1.54) is 11.1 Å². The van der Waals surface area contributed by atoms with Crippen molar-refractivity contribution in [3.8, 4) is 0 Å². The highest BCUT2D eigenvalue weighted by molar-refractivity contribution is 7.88. The Balaban J connectivity index is 2.54. The van der Waals surface area contributed by atoms with E-state index in [4.69, 9.17) is 4.78 Å². The lowest BCUT2D eigenvalue weighted by Gasteiger charge is -2.10. The molecule has 0 amide bonds. The molecule has 1 aliphatic heterocycles. The molecular weight excluding hydrogens is 154 g/mol. The summed E-state index contributed by atoms with van der Waals surface area (Å²) in [6.45, 7) is 0. The summed E-state index contributed by atoms with van der Waals surface area (Å²) < 4.78 is 7.54. The van der Waals surface area contributed by atoms with Crippen molar-refractivity contribution in [2.75, 3.05) is 0 Å². The molecule has 1 aromatic carbocycles. The normalized spacial score (nSPS) is 21.3. The van der Waals surface area contributed by atoms with Crippen LogP contribution in [-0.2, 0) is 16.4 Å². The number of nitrogens with one attached hydrogen (secondary N) is 1. The van der Waals surface area contributed by atoms with Crippen LogP contribution in [0.4, 0.5) is 0 Å². The molecule has 1 aliphatic rings. The molecule has 1 unspecified atom stereocenters. The zero-order valence-electron chi connectivity index (χ0n) is 6.08. The van der Waals surface area contributed by atoms with E-state index in [9.17, 15) is 0 Å². The van der Waals surface area contributed by atoms with Crippen LogP contribution in [0.15, 0.2) is 29.7 Å². The van der Waals surface area contributed by atoms with Gasteiger partial charge in [0, 0.05) is 5.75 Å². The zero-order valence-corrected chi connectivity index (χ0v) is 6.90. The molecule has 1 heterocycles. The lowest BCUT2D eigenvalue weighted by atomic mass is 10.1. The molecule has 1 nitrogen and oxygen atoms in total. The van der Waals surface area contributed by atoms with Gasteiger partial charge in [0.2, 0.25) is 0 Å². The number of hydrogen-bond donors (Lipinski definition) is 1. The molecule has 56 valence electrons. The molecule has 0 bridgehead atoms. The number of benzene rings is 1. The fourth-order valence-corrected chi connectivity index (χ4v) is 2.20. The van der Waals surface area contributed by atoms with Crippen molar-refractivity contribution in [1.82, 2.24) is 0 Å². The van der Waals surface area contributed by atoms with Crippen LogP contribution in [-0.4, -0.2) is 0 Å². The Morgan fingerprint density at radius 3 is 3.00 bits per heavy atom. The van der Waals surface area contributed by atoms with E-state index in [1.807, 2.05) is 17.5 Å². The lowest BCUT2D eigenvalue weighted by Crippen LogP contribution is -1.97. The molecule has 0 aliphatic carbocycles. The maximum Gasteiger partial charge on any atom is 0.0335 e. The van der Waals surface area contributed by atoms with Gasteiger partial charge in [-0.2, -0.15) is 0 Å². The Hall–Kier alpha value is -0.890. The van der Waals surface area contributed by atoms with Crippen LogP contribution in [0.2, 0.25) is 0 Å². The third-order valence-electron chi connectivity index (χ3n) is 1.78. The average molecular weight is 163 g/mol. The monoisotopic (exact) mass is 163 g/mol. The molecule has 0 fully saturated rings. The van der Waals surface area contributed by atoms with Crippen LogP contribution in [0.3, 0.4) is 0 Å². The summed E-state index contributed by atoms with van der Waals surface area (Å²) in [7, 11) is -0.282. The van der Waals surface area contributed by atoms with Gasteiger partial charge in [0.1, 0.15) is 0 Å². The van der Waals surface area contributed by atoms with Crippen LogP contribution in [0.5, 0.6) is 0 Å². The topological polar surface area (TPSA) is 23.9 Å². The molecule has 1 N–H and O–H groups in total. The third-order valence-corrected chi connectivity index (χ3v) is 2.86. The van der Waals surface area contributed by atoms with Gasteiger partial charge in [0.25, 0.3) is 0 Å². The molecule has 0 radical (unpaired) electrons. The molecule has 1 aromatic rings. The van der Waals surface area contributed by atoms with Crippen molar-refractivity contribution in [2.45, 2.75) is 5.75 Å². The summed E-state index contributed by atoms with van der Waals surface area (Å²) in [5.41, 5.74) is 2.59. The molecule has 2 heteroatoms. The first kappa shape index (κ1) is 6.80. The number of fused-ring (bicyclic) bond motifs is 1. The first-order valence-electron chi connectivity index (χ1n) is 3.53. The summed E-state index contributed by atoms with van der Waals surface area (Å²) in [5.74, 6) is 0.896. The molecule has 2 rings (SSSR count). The SMILES string of the molecule is N=S1C=Cc2ccccc2C1. The molecule has 11 heavy (non-hydrogen) atoms. The van der Waals surface area contributed by atoms with E-state index >= 15 is 0 Å². The van der Waals surface area contributed by atoms with Crippen LogP contribution >= 0.6 is 0 Å². The van der Waals surface area contributed by atoms with E-state index in [1.54, 1.807) is 0 Å². The maximum atomic E-state index is 7.54. The van der Waals surface area contributed by atoms with Crippen LogP contribution in [0.1, 0.15) is 11.1 Å². The molecule has 0 saturated heterocycles. The highest BCUT2D eigenvalue weighted by atomic mass is 32.2. The zero-order chi connectivity index (χ0) is 7.68. The van der Waals surface area contributed by atoms with Gasteiger partial charge in [0.05, 0.1) is 0 Å². The second-order valence-corrected chi connectivity index (χ2v) is 3.99. The Morgan fingerprint density at radius 2 is 2.09 bits per heavy atom. The molecule has 1 atom stereocenters. The van der Waals surface area contributed by atoms with E-state index in [2.05, 4.69) is 18.2 Å². The first-order chi connectivity index (χ1) is 5.36. The Kier molecular flexibility index (Phi) is 1.62. The molecule has 0 saturated carbocycles. The molecular formula is C9H9NS. The lowest BCUT2D eigenvalue weighted by molar-refractivity contribution is 1.36. The summed E-state index contributed by atoms with van der Waals surface area (Å²) in [4.78, 5) is 0. The van der Waals surface area contributed by atoms with Crippen molar-refractivity contribution < 1.29 is 0 Å². The summed E-state index contributed by atoms with van der Waals surface area (Å²) in [5, 5.41) is 1.97. The van der Waals surface area contributed by atoms with Crippen LogP contribution < -0.4 is 0 Å². The van der Waals surface area contributed by atoms with Gasteiger partial charge in [-0.15, -0.1) is 0 Å². The van der Waals surface area contributed by atoms with E-state index in [0.717, 1.165) is 5.75 Å². The van der Waals surface area contributed by atoms with Gasteiger partial charge in [-0.1, -0.05) is 35.0 Å². The van der Waals surface area contributed by atoms with Crippen LogP contribution in [0.25, 0.3) is 6.08 Å². The standard InChI is InChI=1S/C9H9NS/c10-11-6-5-8-3-1-2-4-9(8)7-11/h1-6,10H,7H2. The summed E-state index contributed by atoms with van der Waals surface area (Å²) >= 11 is 0. The first-order valence-corrected chi connectivity index (χ1v) is 4.99. The average Bonchev–Trinajstić information content (AvgIpc) is 2.04. The highest BCUT2D eigenvalue weighted by Gasteiger charge is 2.04. The van der Waals surface area contributed by atoms with Crippen molar-refractivity contribution in [3.63, 3.8) is 0 Å². The van der Waals surface area contributed by atoms with Gasteiger partial charge in [-0.25, -0.2) is 0 Å². The smallest absolute Gasteiger partial charge is 0.0335 e. The second kappa shape index (κ2) is 2.62. The highest BCUT2D eigenvalue weighted by Crippen LogP contribution is 2.18. The number of hydrogen-bond acceptors (Lipinski definition) is 1. The predicted molar refractivity (Wildman–Crippen MR) is 49.3 cm³/mol.